The van der Waals surface area contributed by atoms with Crippen molar-refractivity contribution in [3.05, 3.63) is 38.3 Å². The molecule has 0 bridgehead atoms. The molecule has 0 saturated carbocycles. The number of halogens is 1. The first-order chi connectivity index (χ1) is 13.0. The number of aryl methyl sites for hydroxylation is 1. The highest BCUT2D eigenvalue weighted by Crippen LogP contribution is 2.35. The Kier molecular flexibility index (Phi) is 6.98. The van der Waals surface area contributed by atoms with E-state index in [0.29, 0.717) is 0 Å². The maximum Gasteiger partial charge on any atom is 0.151 e. The van der Waals surface area contributed by atoms with Crippen LogP contribution >= 0.6 is 39.0 Å². The average Bonchev–Trinajstić information content (AvgIpc) is 3.27. The minimum absolute atomic E-state index is 0.358. The SMILES string of the molecule is CCCCC1(CC)N=c2cc(S(=O)c3cc(CC)sc3SC)cc(Br)c2=N1. The van der Waals surface area contributed by atoms with Crippen molar-refractivity contribution in [3.8, 4) is 0 Å². The average molecular weight is 486 g/mol. The molecule has 0 aliphatic carbocycles. The van der Waals surface area contributed by atoms with Crippen molar-refractivity contribution >= 4 is 49.8 Å². The van der Waals surface area contributed by atoms with Gasteiger partial charge in [0.25, 0.3) is 0 Å². The number of fused-ring (bicyclic) bond motifs is 1. The van der Waals surface area contributed by atoms with Gasteiger partial charge in [-0.2, -0.15) is 0 Å². The Balaban J connectivity index is 2.05. The summed E-state index contributed by atoms with van der Waals surface area (Å²) in [5.41, 5.74) is -0.358. The van der Waals surface area contributed by atoms with Crippen molar-refractivity contribution < 1.29 is 4.21 Å². The maximum atomic E-state index is 13.3. The predicted octanol–water partition coefficient (Wildman–Crippen LogP) is 5.51. The van der Waals surface area contributed by atoms with Crippen LogP contribution in [0.4, 0.5) is 0 Å². The van der Waals surface area contributed by atoms with Crippen molar-refractivity contribution in [1.82, 2.24) is 0 Å². The van der Waals surface area contributed by atoms with Crippen LogP contribution in [-0.2, 0) is 17.2 Å². The molecule has 0 fully saturated rings. The topological polar surface area (TPSA) is 41.8 Å². The molecule has 1 aromatic carbocycles. The summed E-state index contributed by atoms with van der Waals surface area (Å²) in [7, 11) is -1.22. The zero-order valence-corrected chi connectivity index (χ0v) is 20.2. The van der Waals surface area contributed by atoms with Crippen molar-refractivity contribution in [2.75, 3.05) is 6.26 Å². The van der Waals surface area contributed by atoms with Crippen LogP contribution in [-0.4, -0.2) is 16.1 Å². The Bertz CT molecular complexity index is 986. The molecule has 2 atom stereocenters. The Morgan fingerprint density at radius 2 is 2.00 bits per heavy atom. The molecule has 0 radical (unpaired) electrons. The second-order valence-corrected chi connectivity index (χ2v) is 11.1. The number of thioether (sulfide) groups is 1. The van der Waals surface area contributed by atoms with Crippen LogP contribution in [0.25, 0.3) is 0 Å². The first-order valence-corrected chi connectivity index (χ1v) is 13.3. The van der Waals surface area contributed by atoms with Gasteiger partial charge < -0.3 is 0 Å². The lowest BCUT2D eigenvalue weighted by molar-refractivity contribution is 0.384. The van der Waals surface area contributed by atoms with E-state index in [1.54, 1.807) is 23.1 Å². The number of benzene rings is 1. The van der Waals surface area contributed by atoms with Gasteiger partial charge in [0.1, 0.15) is 0 Å². The largest absolute Gasteiger partial charge is 0.253 e. The van der Waals surface area contributed by atoms with Crippen LogP contribution in [0.15, 0.2) is 46.7 Å². The van der Waals surface area contributed by atoms with E-state index in [9.17, 15) is 4.21 Å². The standard InChI is InChI=1S/C20H25BrN2OS3/c1-5-8-9-20(7-3)22-16-12-14(11-15(21)18(16)23-20)27(24)17-10-13(6-2)26-19(17)25-4/h10-12H,5-9H2,1-4H3. The van der Waals surface area contributed by atoms with Crippen LogP contribution in [0, 0.1) is 0 Å². The smallest absolute Gasteiger partial charge is 0.151 e. The lowest BCUT2D eigenvalue weighted by atomic mass is 10.0. The molecule has 2 aromatic rings. The van der Waals surface area contributed by atoms with Crippen LogP contribution in [0.5, 0.6) is 0 Å². The monoisotopic (exact) mass is 484 g/mol. The summed E-state index contributed by atoms with van der Waals surface area (Å²) in [6.45, 7) is 6.47. The summed E-state index contributed by atoms with van der Waals surface area (Å²) < 4.78 is 15.3. The number of hydrogen-bond acceptors (Lipinski definition) is 5. The lowest BCUT2D eigenvalue weighted by Crippen LogP contribution is -2.24. The van der Waals surface area contributed by atoms with Gasteiger partial charge in [-0.05, 0) is 66.1 Å². The molecule has 0 amide bonds. The van der Waals surface area contributed by atoms with Crippen LogP contribution in [0.1, 0.15) is 51.3 Å². The van der Waals surface area contributed by atoms with Crippen molar-refractivity contribution in [1.29, 1.82) is 0 Å². The van der Waals surface area contributed by atoms with E-state index in [0.717, 1.165) is 61.3 Å². The normalized spacial score (nSPS) is 19.4. The zero-order valence-electron chi connectivity index (χ0n) is 16.2. The quantitative estimate of drug-likeness (QED) is 0.463. The van der Waals surface area contributed by atoms with E-state index < -0.39 is 10.8 Å². The number of unbranched alkanes of at least 4 members (excludes halogenated alkanes) is 1. The van der Waals surface area contributed by atoms with Gasteiger partial charge in [-0.25, -0.2) is 4.21 Å². The number of nitrogens with zero attached hydrogens (tertiary/aromatic N) is 2. The lowest BCUT2D eigenvalue weighted by Gasteiger charge is -2.20. The third kappa shape index (κ3) is 4.26. The minimum Gasteiger partial charge on any atom is -0.253 e. The fraction of sp³-hybridized carbons (Fsp3) is 0.500. The highest BCUT2D eigenvalue weighted by Gasteiger charge is 2.29. The molecular weight excluding hydrogens is 460 g/mol. The molecule has 1 aromatic heterocycles. The second-order valence-electron chi connectivity index (χ2n) is 6.63. The molecule has 1 aliphatic heterocycles. The van der Waals surface area contributed by atoms with Crippen LogP contribution < -0.4 is 10.7 Å². The van der Waals surface area contributed by atoms with E-state index in [4.69, 9.17) is 9.98 Å². The third-order valence-corrected chi connectivity index (χ3v) is 9.49. The molecular formula is C20H25BrN2OS3. The van der Waals surface area contributed by atoms with Gasteiger partial charge in [-0.3, -0.25) is 9.98 Å². The minimum atomic E-state index is -1.22. The summed E-state index contributed by atoms with van der Waals surface area (Å²) in [5.74, 6) is 0. The van der Waals surface area contributed by atoms with E-state index in [1.807, 2.05) is 18.4 Å². The van der Waals surface area contributed by atoms with E-state index in [-0.39, 0.29) is 5.66 Å². The Hall–Kier alpha value is -0.500. The fourth-order valence-electron chi connectivity index (χ4n) is 3.20. The first kappa shape index (κ1) is 21.2. The van der Waals surface area contributed by atoms with Gasteiger partial charge >= 0.3 is 0 Å². The zero-order chi connectivity index (χ0) is 19.6. The number of rotatable bonds is 8. The van der Waals surface area contributed by atoms with Gasteiger partial charge in [-0.15, -0.1) is 23.1 Å². The van der Waals surface area contributed by atoms with Crippen LogP contribution in [0.2, 0.25) is 0 Å². The predicted molar refractivity (Wildman–Crippen MR) is 119 cm³/mol. The van der Waals surface area contributed by atoms with Gasteiger partial charge in [0.05, 0.1) is 30.6 Å². The summed E-state index contributed by atoms with van der Waals surface area (Å²) >= 11 is 7.06. The molecule has 0 saturated heterocycles. The third-order valence-electron chi connectivity index (χ3n) is 4.83. The molecule has 2 heterocycles. The summed E-state index contributed by atoms with van der Waals surface area (Å²) in [6, 6.07) is 6.01. The van der Waals surface area contributed by atoms with Crippen LogP contribution in [0.3, 0.4) is 0 Å². The summed E-state index contributed by atoms with van der Waals surface area (Å²) in [6.07, 6.45) is 7.09. The highest BCUT2D eigenvalue weighted by molar-refractivity contribution is 9.10. The highest BCUT2D eigenvalue weighted by atomic mass is 79.9. The van der Waals surface area contributed by atoms with E-state index in [1.165, 1.54) is 4.88 Å². The molecule has 3 rings (SSSR count). The van der Waals surface area contributed by atoms with E-state index in [2.05, 4.69) is 42.8 Å². The first-order valence-electron chi connectivity index (χ1n) is 9.34. The van der Waals surface area contributed by atoms with Crippen molar-refractivity contribution in [3.63, 3.8) is 0 Å². The Morgan fingerprint density at radius 3 is 2.63 bits per heavy atom. The maximum absolute atomic E-state index is 13.3. The molecule has 2 unspecified atom stereocenters. The van der Waals surface area contributed by atoms with Crippen molar-refractivity contribution in [2.45, 2.75) is 72.5 Å². The molecule has 27 heavy (non-hydrogen) atoms. The van der Waals surface area contributed by atoms with Crippen molar-refractivity contribution in [2.24, 2.45) is 9.98 Å². The molecule has 0 N–H and O–H groups in total. The van der Waals surface area contributed by atoms with Gasteiger partial charge in [0.15, 0.2) is 5.66 Å². The summed E-state index contributed by atoms with van der Waals surface area (Å²) in [4.78, 5) is 12.9. The second kappa shape index (κ2) is 8.89. The Morgan fingerprint density at radius 1 is 1.22 bits per heavy atom. The molecule has 7 heteroatoms. The van der Waals surface area contributed by atoms with Gasteiger partial charge in [0, 0.05) is 14.2 Å². The molecule has 1 aliphatic rings. The van der Waals surface area contributed by atoms with Gasteiger partial charge in [-0.1, -0.05) is 27.2 Å². The van der Waals surface area contributed by atoms with Gasteiger partial charge in [0.2, 0.25) is 0 Å². The fourth-order valence-corrected chi connectivity index (χ4v) is 7.53. The Labute approximate surface area is 180 Å². The summed E-state index contributed by atoms with van der Waals surface area (Å²) in [5, 5.41) is 1.76. The molecule has 0 spiro atoms. The molecule has 3 nitrogen and oxygen atoms in total. The van der Waals surface area contributed by atoms with E-state index >= 15 is 0 Å². The number of thiophene rings is 1. The molecule has 146 valence electrons. The number of hydrogen-bond donors (Lipinski definition) is 0.